The lowest BCUT2D eigenvalue weighted by molar-refractivity contribution is -0.143. The molecule has 1 aliphatic rings. The Bertz CT molecular complexity index is 744. The highest BCUT2D eigenvalue weighted by atomic mass is 35.5. The van der Waals surface area contributed by atoms with Crippen LogP contribution in [0.2, 0.25) is 5.02 Å². The molecule has 1 aliphatic heterocycles. The van der Waals surface area contributed by atoms with Gasteiger partial charge in [0.2, 0.25) is 0 Å². The molecule has 8 heteroatoms. The summed E-state index contributed by atoms with van der Waals surface area (Å²) in [6, 6.07) is 4.48. The zero-order chi connectivity index (χ0) is 22.4. The van der Waals surface area contributed by atoms with Crippen molar-refractivity contribution >= 4 is 23.7 Å². The summed E-state index contributed by atoms with van der Waals surface area (Å²) in [5, 5.41) is 3.13. The molecule has 1 aromatic carbocycles. The summed E-state index contributed by atoms with van der Waals surface area (Å²) in [5.74, 6) is -0.466. The number of carbonyl (C=O) groups is 2. The van der Waals surface area contributed by atoms with Gasteiger partial charge in [0.05, 0.1) is 25.7 Å². The lowest BCUT2D eigenvalue weighted by Crippen LogP contribution is -2.37. The second-order valence-corrected chi connectivity index (χ2v) is 8.94. The van der Waals surface area contributed by atoms with Gasteiger partial charge in [-0.25, -0.2) is 4.79 Å². The number of alkyl halides is 1. The van der Waals surface area contributed by atoms with E-state index in [1.165, 1.54) is 0 Å². The van der Waals surface area contributed by atoms with Crippen molar-refractivity contribution in [2.24, 2.45) is 0 Å². The second-order valence-electron chi connectivity index (χ2n) is 8.51. The summed E-state index contributed by atoms with van der Waals surface area (Å²) in [7, 11) is 0. The van der Waals surface area contributed by atoms with Crippen molar-refractivity contribution in [2.45, 2.75) is 64.0 Å². The molecule has 0 unspecified atom stereocenters. The Morgan fingerprint density at radius 3 is 2.50 bits per heavy atom. The number of rotatable bonds is 7. The molecule has 6 nitrogen and oxygen atoms in total. The Labute approximate surface area is 182 Å². The molecule has 1 atom stereocenters. The number of amides is 1. The second kappa shape index (κ2) is 10.4. The maximum absolute atomic E-state index is 14.1. The third-order valence-electron chi connectivity index (χ3n) is 5.01. The zero-order valence-corrected chi connectivity index (χ0v) is 18.8. The van der Waals surface area contributed by atoms with Crippen LogP contribution in [0.4, 0.5) is 9.18 Å². The number of esters is 1. The van der Waals surface area contributed by atoms with E-state index in [0.717, 1.165) is 5.56 Å². The largest absolute Gasteiger partial charge is 0.466 e. The van der Waals surface area contributed by atoms with Gasteiger partial charge >= 0.3 is 12.1 Å². The zero-order valence-electron chi connectivity index (χ0n) is 18.1. The summed E-state index contributed by atoms with van der Waals surface area (Å²) < 4.78 is 29.9. The van der Waals surface area contributed by atoms with Crippen LogP contribution in [0.25, 0.3) is 0 Å². The minimum atomic E-state index is -0.729. The van der Waals surface area contributed by atoms with E-state index in [1.807, 2.05) is 0 Å². The van der Waals surface area contributed by atoms with Crippen molar-refractivity contribution in [3.63, 3.8) is 0 Å². The Morgan fingerprint density at radius 2 is 1.93 bits per heavy atom. The highest BCUT2D eigenvalue weighted by Gasteiger charge is 2.36. The van der Waals surface area contributed by atoms with E-state index in [0.29, 0.717) is 36.6 Å². The average molecular weight is 444 g/mol. The molecule has 0 bridgehead atoms. The summed E-state index contributed by atoms with van der Waals surface area (Å²) in [4.78, 5) is 24.5. The highest BCUT2D eigenvalue weighted by molar-refractivity contribution is 6.30. The first kappa shape index (κ1) is 24.4. The summed E-state index contributed by atoms with van der Waals surface area (Å²) >= 11 is 6.36. The van der Waals surface area contributed by atoms with Gasteiger partial charge in [-0.1, -0.05) is 17.7 Å². The molecule has 1 saturated heterocycles. The molecular weight excluding hydrogens is 413 g/mol. The number of nitrogens with one attached hydrogen (secondary N) is 1. The highest BCUT2D eigenvalue weighted by Crippen LogP contribution is 2.38. The van der Waals surface area contributed by atoms with Crippen molar-refractivity contribution in [3.8, 4) is 0 Å². The Balaban J connectivity index is 2.37. The lowest BCUT2D eigenvalue weighted by Gasteiger charge is -2.36. The third kappa shape index (κ3) is 6.84. The van der Waals surface area contributed by atoms with Gasteiger partial charge in [0, 0.05) is 23.7 Å². The minimum absolute atomic E-state index is 0.0986. The standard InChI is InChI=1S/C22H31ClFNO5/c1-5-29-19(26)13-18(25-20(27)30-21(2,3)4)15-10-16(12-17(23)11-15)22(14-24)6-8-28-9-7-22/h10-12,18H,5-9,13-14H2,1-4H3,(H,25,27)/t18-/m0/s1. The molecular formula is C22H31ClFNO5. The van der Waals surface area contributed by atoms with E-state index in [4.69, 9.17) is 25.8 Å². The van der Waals surface area contributed by atoms with Gasteiger partial charge in [-0.3, -0.25) is 9.18 Å². The predicted octanol–water partition coefficient (Wildman–Crippen LogP) is 4.88. The average Bonchev–Trinajstić information content (AvgIpc) is 2.66. The molecule has 0 spiro atoms. The molecule has 1 aromatic rings. The Morgan fingerprint density at radius 1 is 1.27 bits per heavy atom. The Kier molecular flexibility index (Phi) is 8.50. The van der Waals surface area contributed by atoms with Crippen LogP contribution in [0.15, 0.2) is 18.2 Å². The predicted molar refractivity (Wildman–Crippen MR) is 113 cm³/mol. The van der Waals surface area contributed by atoms with Crippen LogP contribution >= 0.6 is 11.6 Å². The van der Waals surface area contributed by atoms with E-state index in [2.05, 4.69) is 5.32 Å². The van der Waals surface area contributed by atoms with E-state index < -0.39 is 35.8 Å². The lowest BCUT2D eigenvalue weighted by atomic mass is 9.74. The number of alkyl carbamates (subject to hydrolysis) is 1. The van der Waals surface area contributed by atoms with Gasteiger partial charge in [0.25, 0.3) is 0 Å². The number of ether oxygens (including phenoxy) is 3. The van der Waals surface area contributed by atoms with Crippen molar-refractivity contribution in [1.82, 2.24) is 5.32 Å². The molecule has 1 fully saturated rings. The first-order valence-corrected chi connectivity index (χ1v) is 10.6. The number of hydrogen-bond acceptors (Lipinski definition) is 5. The van der Waals surface area contributed by atoms with Crippen LogP contribution in [0, 0.1) is 0 Å². The first-order chi connectivity index (χ1) is 14.1. The fourth-order valence-electron chi connectivity index (χ4n) is 3.47. The number of carbonyl (C=O) groups excluding carboxylic acids is 2. The molecule has 0 aliphatic carbocycles. The quantitative estimate of drug-likeness (QED) is 0.608. The molecule has 0 radical (unpaired) electrons. The third-order valence-corrected chi connectivity index (χ3v) is 5.23. The molecule has 1 amide bonds. The smallest absolute Gasteiger partial charge is 0.408 e. The van der Waals surface area contributed by atoms with E-state index in [9.17, 15) is 14.0 Å². The first-order valence-electron chi connectivity index (χ1n) is 10.2. The van der Waals surface area contributed by atoms with Crippen LogP contribution in [0.5, 0.6) is 0 Å². The summed E-state index contributed by atoms with van der Waals surface area (Å²) in [6.07, 6.45) is 0.305. The topological polar surface area (TPSA) is 73.9 Å². The fraction of sp³-hybridized carbons (Fsp3) is 0.636. The summed E-state index contributed by atoms with van der Waals surface area (Å²) in [5.41, 5.74) is -0.0668. The maximum atomic E-state index is 14.1. The van der Waals surface area contributed by atoms with Gasteiger partial charge in [-0.05, 0) is 63.8 Å². The fourth-order valence-corrected chi connectivity index (χ4v) is 3.71. The SMILES string of the molecule is CCOC(=O)C[C@H](NC(=O)OC(C)(C)C)c1cc(Cl)cc(C2(CF)CCOCC2)c1. The minimum Gasteiger partial charge on any atom is -0.466 e. The van der Waals surface area contributed by atoms with Crippen LogP contribution < -0.4 is 5.32 Å². The molecule has 1 N–H and O–H groups in total. The van der Waals surface area contributed by atoms with Crippen LogP contribution in [0.1, 0.15) is 64.1 Å². The molecule has 30 heavy (non-hydrogen) atoms. The van der Waals surface area contributed by atoms with Gasteiger partial charge in [0.15, 0.2) is 0 Å². The van der Waals surface area contributed by atoms with Crippen molar-refractivity contribution in [1.29, 1.82) is 0 Å². The number of benzene rings is 1. The van der Waals surface area contributed by atoms with E-state index in [-0.39, 0.29) is 13.0 Å². The van der Waals surface area contributed by atoms with Crippen LogP contribution in [0.3, 0.4) is 0 Å². The van der Waals surface area contributed by atoms with E-state index >= 15 is 0 Å². The van der Waals surface area contributed by atoms with Crippen molar-refractivity contribution in [2.75, 3.05) is 26.5 Å². The molecule has 0 saturated carbocycles. The van der Waals surface area contributed by atoms with Crippen molar-refractivity contribution < 1.29 is 28.2 Å². The van der Waals surface area contributed by atoms with Crippen LogP contribution in [-0.2, 0) is 24.4 Å². The summed E-state index contributed by atoms with van der Waals surface area (Å²) in [6.45, 7) is 7.58. The van der Waals surface area contributed by atoms with E-state index in [1.54, 1.807) is 45.9 Å². The monoisotopic (exact) mass is 443 g/mol. The van der Waals surface area contributed by atoms with Gasteiger partial charge in [0.1, 0.15) is 5.60 Å². The van der Waals surface area contributed by atoms with Gasteiger partial charge in [-0.15, -0.1) is 0 Å². The van der Waals surface area contributed by atoms with Gasteiger partial charge < -0.3 is 19.5 Å². The Hall–Kier alpha value is -1.86. The maximum Gasteiger partial charge on any atom is 0.408 e. The van der Waals surface area contributed by atoms with Crippen LogP contribution in [-0.4, -0.2) is 44.2 Å². The van der Waals surface area contributed by atoms with Crippen molar-refractivity contribution in [3.05, 3.63) is 34.3 Å². The number of halogens is 2. The molecule has 1 heterocycles. The number of hydrogen-bond donors (Lipinski definition) is 1. The normalized spacial score (nSPS) is 17.1. The molecule has 2 rings (SSSR count). The molecule has 0 aromatic heterocycles. The van der Waals surface area contributed by atoms with Gasteiger partial charge in [-0.2, -0.15) is 0 Å². The molecule has 168 valence electrons.